The van der Waals surface area contributed by atoms with Crippen molar-refractivity contribution in [1.29, 1.82) is 0 Å². The maximum atomic E-state index is 10.4. The molecule has 0 atom stereocenters. The Bertz CT molecular complexity index is 442. The molecule has 2 aromatic heterocycles. The number of ether oxygens (including phenoxy) is 1. The monoisotopic (exact) mass is 208 g/mol. The largest absolute Gasteiger partial charge is 0.487 e. The number of hydrogen-bond donors (Lipinski definition) is 0. The molecule has 72 valence electrons. The lowest BCUT2D eigenvalue weighted by Crippen LogP contribution is -1.73. The molecule has 0 bridgehead atoms. The molecule has 0 saturated heterocycles. The second kappa shape index (κ2) is 3.67. The predicted molar refractivity (Wildman–Crippen MR) is 54.0 cm³/mol. The molecule has 0 aliphatic rings. The number of thiophene rings is 1. The third-order valence-electron chi connectivity index (χ3n) is 1.77. The number of carbonyl (C=O) groups is 1. The van der Waals surface area contributed by atoms with Crippen molar-refractivity contribution >= 4 is 17.6 Å². The Balaban J connectivity index is 2.33. The van der Waals surface area contributed by atoms with Crippen LogP contribution in [0.4, 0.5) is 0 Å². The first kappa shape index (κ1) is 9.02. The molecule has 14 heavy (non-hydrogen) atoms. The number of methoxy groups -OCH3 is 1. The summed E-state index contributed by atoms with van der Waals surface area (Å²) in [7, 11) is 1.62. The van der Waals surface area contributed by atoms with E-state index in [4.69, 9.17) is 9.15 Å². The normalized spacial score (nSPS) is 10.1. The van der Waals surface area contributed by atoms with E-state index in [9.17, 15) is 4.79 Å². The van der Waals surface area contributed by atoms with E-state index in [1.165, 1.54) is 11.3 Å². The summed E-state index contributed by atoms with van der Waals surface area (Å²) in [5.74, 6) is 1.03. The Kier molecular flexibility index (Phi) is 2.37. The summed E-state index contributed by atoms with van der Waals surface area (Å²) in [6.07, 6.45) is 0.689. The van der Waals surface area contributed by atoms with Crippen molar-refractivity contribution in [3.63, 3.8) is 0 Å². The molecular formula is C10H8O3S. The zero-order valence-corrected chi connectivity index (χ0v) is 8.34. The molecule has 2 rings (SSSR count). The van der Waals surface area contributed by atoms with Crippen LogP contribution in [0.5, 0.6) is 5.06 Å². The van der Waals surface area contributed by atoms with Crippen molar-refractivity contribution in [1.82, 2.24) is 0 Å². The van der Waals surface area contributed by atoms with E-state index < -0.39 is 0 Å². The second-order valence-electron chi connectivity index (χ2n) is 2.64. The van der Waals surface area contributed by atoms with Crippen molar-refractivity contribution in [2.75, 3.05) is 7.11 Å². The van der Waals surface area contributed by atoms with Crippen LogP contribution in [0, 0.1) is 0 Å². The van der Waals surface area contributed by atoms with Crippen molar-refractivity contribution in [3.8, 4) is 15.7 Å². The van der Waals surface area contributed by atoms with E-state index in [1.54, 1.807) is 19.2 Å². The predicted octanol–water partition coefficient (Wildman–Crippen LogP) is 2.83. The first-order valence-corrected chi connectivity index (χ1v) is 4.84. The standard InChI is InChI=1S/C10H8O3S/c1-12-10-5-4-9(14-10)8-3-2-7(6-11)13-8/h2-6H,1H3. The Morgan fingerprint density at radius 1 is 1.36 bits per heavy atom. The van der Waals surface area contributed by atoms with Crippen molar-refractivity contribution in [2.45, 2.75) is 0 Å². The molecule has 0 radical (unpaired) electrons. The van der Waals surface area contributed by atoms with Gasteiger partial charge in [-0.3, -0.25) is 4.79 Å². The summed E-state index contributed by atoms with van der Waals surface area (Å²) in [5.41, 5.74) is 0. The zero-order valence-electron chi connectivity index (χ0n) is 7.52. The van der Waals surface area contributed by atoms with Gasteiger partial charge in [0.25, 0.3) is 0 Å². The minimum Gasteiger partial charge on any atom is -0.487 e. The number of furan rings is 1. The lowest BCUT2D eigenvalue weighted by atomic mass is 10.4. The molecule has 0 spiro atoms. The van der Waals surface area contributed by atoms with Gasteiger partial charge in [0.05, 0.1) is 12.0 Å². The fourth-order valence-corrected chi connectivity index (χ4v) is 1.89. The first-order valence-electron chi connectivity index (χ1n) is 4.02. The highest BCUT2D eigenvalue weighted by molar-refractivity contribution is 7.17. The zero-order chi connectivity index (χ0) is 9.97. The minimum atomic E-state index is 0.340. The van der Waals surface area contributed by atoms with Crippen LogP contribution in [-0.2, 0) is 0 Å². The van der Waals surface area contributed by atoms with E-state index in [0.717, 1.165) is 9.94 Å². The van der Waals surface area contributed by atoms with Crippen LogP contribution in [-0.4, -0.2) is 13.4 Å². The number of hydrogen-bond acceptors (Lipinski definition) is 4. The maximum Gasteiger partial charge on any atom is 0.185 e. The fourth-order valence-electron chi connectivity index (χ4n) is 1.11. The molecule has 0 saturated carbocycles. The first-order chi connectivity index (χ1) is 6.83. The topological polar surface area (TPSA) is 39.4 Å². The van der Waals surface area contributed by atoms with Crippen molar-refractivity contribution < 1.29 is 13.9 Å². The number of carbonyl (C=O) groups excluding carboxylic acids is 1. The molecular weight excluding hydrogens is 200 g/mol. The average Bonchev–Trinajstić information content (AvgIpc) is 2.86. The van der Waals surface area contributed by atoms with E-state index >= 15 is 0 Å². The van der Waals surface area contributed by atoms with Gasteiger partial charge in [-0.1, -0.05) is 11.3 Å². The molecule has 0 fully saturated rings. The van der Waals surface area contributed by atoms with Gasteiger partial charge in [0.1, 0.15) is 5.76 Å². The second-order valence-corrected chi connectivity index (χ2v) is 3.69. The summed E-state index contributed by atoms with van der Waals surface area (Å²) >= 11 is 1.48. The Hall–Kier alpha value is -1.55. The lowest BCUT2D eigenvalue weighted by Gasteiger charge is -1.90. The molecule has 0 aliphatic carbocycles. The van der Waals surface area contributed by atoms with Crippen LogP contribution in [0.15, 0.2) is 28.7 Å². The molecule has 4 heteroatoms. The average molecular weight is 208 g/mol. The van der Waals surface area contributed by atoms with Gasteiger partial charge in [-0.2, -0.15) is 0 Å². The summed E-state index contributed by atoms with van der Waals surface area (Å²) in [6.45, 7) is 0. The van der Waals surface area contributed by atoms with Crippen LogP contribution in [0.1, 0.15) is 10.6 Å². The van der Waals surface area contributed by atoms with Crippen molar-refractivity contribution in [3.05, 3.63) is 30.0 Å². The van der Waals surface area contributed by atoms with Gasteiger partial charge in [0.15, 0.2) is 17.1 Å². The maximum absolute atomic E-state index is 10.4. The highest BCUT2D eigenvalue weighted by atomic mass is 32.1. The van der Waals surface area contributed by atoms with Gasteiger partial charge in [-0.15, -0.1) is 0 Å². The fraction of sp³-hybridized carbons (Fsp3) is 0.100. The van der Waals surface area contributed by atoms with Crippen LogP contribution in [0.2, 0.25) is 0 Å². The summed E-state index contributed by atoms with van der Waals surface area (Å²) in [6, 6.07) is 7.18. The van der Waals surface area contributed by atoms with Crippen LogP contribution < -0.4 is 4.74 Å². The van der Waals surface area contributed by atoms with Gasteiger partial charge >= 0.3 is 0 Å². The molecule has 0 N–H and O–H groups in total. The third-order valence-corrected chi connectivity index (χ3v) is 2.83. The van der Waals surface area contributed by atoms with Gasteiger partial charge < -0.3 is 9.15 Å². The third kappa shape index (κ3) is 1.56. The van der Waals surface area contributed by atoms with Crippen LogP contribution in [0.3, 0.4) is 0 Å². The summed E-state index contributed by atoms with van der Waals surface area (Å²) in [5, 5.41) is 0.823. The van der Waals surface area contributed by atoms with Gasteiger partial charge in [-0.05, 0) is 24.3 Å². The molecule has 2 aromatic rings. The Morgan fingerprint density at radius 2 is 2.21 bits per heavy atom. The quantitative estimate of drug-likeness (QED) is 0.728. The number of rotatable bonds is 3. The highest BCUT2D eigenvalue weighted by Gasteiger charge is 2.07. The van der Waals surface area contributed by atoms with E-state index in [-0.39, 0.29) is 0 Å². The highest BCUT2D eigenvalue weighted by Crippen LogP contribution is 2.33. The lowest BCUT2D eigenvalue weighted by molar-refractivity contribution is 0.110. The summed E-state index contributed by atoms with van der Waals surface area (Å²) < 4.78 is 10.3. The van der Waals surface area contributed by atoms with Crippen LogP contribution in [0.25, 0.3) is 10.6 Å². The molecule has 0 aliphatic heterocycles. The van der Waals surface area contributed by atoms with E-state index in [2.05, 4.69) is 0 Å². The van der Waals surface area contributed by atoms with E-state index in [1.807, 2.05) is 12.1 Å². The Labute approximate surface area is 84.9 Å². The van der Waals surface area contributed by atoms with Gasteiger partial charge in [0, 0.05) is 0 Å². The van der Waals surface area contributed by atoms with Gasteiger partial charge in [-0.25, -0.2) is 0 Å². The molecule has 3 nitrogen and oxygen atoms in total. The minimum absolute atomic E-state index is 0.340. The van der Waals surface area contributed by atoms with Crippen molar-refractivity contribution in [2.24, 2.45) is 0 Å². The van der Waals surface area contributed by atoms with Crippen LogP contribution >= 0.6 is 11.3 Å². The molecule has 2 heterocycles. The van der Waals surface area contributed by atoms with Gasteiger partial charge in [0.2, 0.25) is 0 Å². The smallest absolute Gasteiger partial charge is 0.185 e. The molecule has 0 amide bonds. The molecule has 0 unspecified atom stereocenters. The summed E-state index contributed by atoms with van der Waals surface area (Å²) in [4.78, 5) is 11.4. The number of aldehydes is 1. The van der Waals surface area contributed by atoms with E-state index in [0.29, 0.717) is 17.8 Å². The Morgan fingerprint density at radius 3 is 2.79 bits per heavy atom. The SMILES string of the molecule is COc1ccc(-c2ccc(C=O)o2)s1. The molecule has 0 aromatic carbocycles.